The van der Waals surface area contributed by atoms with Gasteiger partial charge in [-0.3, -0.25) is 4.79 Å². The zero-order chi connectivity index (χ0) is 19.8. The number of nitrogens with zero attached hydrogens (tertiary/aromatic N) is 1. The van der Waals surface area contributed by atoms with Crippen LogP contribution in [0.15, 0.2) is 24.3 Å². The molecule has 0 aromatic heterocycles. The Morgan fingerprint density at radius 3 is 2.63 bits per heavy atom. The van der Waals surface area contributed by atoms with Crippen molar-refractivity contribution in [2.24, 2.45) is 5.92 Å². The van der Waals surface area contributed by atoms with Crippen molar-refractivity contribution in [2.75, 3.05) is 19.0 Å². The van der Waals surface area contributed by atoms with Crippen LogP contribution < -0.4 is 4.74 Å². The highest BCUT2D eigenvalue weighted by Crippen LogP contribution is 2.34. The Labute approximate surface area is 170 Å². The number of ether oxygens (including phenoxy) is 2. The van der Waals surface area contributed by atoms with Gasteiger partial charge < -0.3 is 14.4 Å². The van der Waals surface area contributed by atoms with Crippen LogP contribution in [0.25, 0.3) is 0 Å². The molecule has 1 fully saturated rings. The zero-order valence-corrected chi connectivity index (χ0v) is 17.7. The van der Waals surface area contributed by atoms with Crippen LogP contribution in [0, 0.1) is 5.92 Å². The molecule has 1 amide bonds. The lowest BCUT2D eigenvalue weighted by Gasteiger charge is -2.29. The van der Waals surface area contributed by atoms with Gasteiger partial charge in [-0.05, 0) is 43.0 Å². The monoisotopic (exact) mass is 413 g/mol. The molecule has 0 saturated carbocycles. The summed E-state index contributed by atoms with van der Waals surface area (Å²) in [6.07, 6.45) is 2.62. The first-order chi connectivity index (χ1) is 12.9. The van der Waals surface area contributed by atoms with E-state index in [1.54, 1.807) is 40.9 Å². The summed E-state index contributed by atoms with van der Waals surface area (Å²) >= 11 is 7.50. The lowest BCUT2D eigenvalue weighted by atomic mass is 10.1. The Morgan fingerprint density at radius 1 is 1.30 bits per heavy atom. The van der Waals surface area contributed by atoms with Crippen LogP contribution in [-0.2, 0) is 14.3 Å². The molecule has 0 bridgehead atoms. The van der Waals surface area contributed by atoms with Gasteiger partial charge in [-0.25, -0.2) is 4.79 Å². The van der Waals surface area contributed by atoms with Gasteiger partial charge in [0.05, 0.1) is 12.0 Å². The fourth-order valence-electron chi connectivity index (χ4n) is 2.83. The van der Waals surface area contributed by atoms with E-state index in [1.807, 2.05) is 6.92 Å². The average molecular weight is 414 g/mol. The number of carbonyl (C=O) groups is 2. The molecule has 0 N–H and O–H groups in total. The molecular weight excluding hydrogens is 386 g/mol. The van der Waals surface area contributed by atoms with Crippen LogP contribution in [0.4, 0.5) is 0 Å². The van der Waals surface area contributed by atoms with E-state index in [0.717, 1.165) is 19.3 Å². The number of thioether (sulfide) groups is 1. The molecule has 0 aliphatic carbocycles. The van der Waals surface area contributed by atoms with E-state index in [2.05, 4.69) is 13.8 Å². The maximum absolute atomic E-state index is 12.9. The largest absolute Gasteiger partial charge is 0.484 e. The average Bonchev–Trinajstić information content (AvgIpc) is 3.04. The maximum Gasteiger partial charge on any atom is 0.329 e. The van der Waals surface area contributed by atoms with Crippen LogP contribution >= 0.6 is 23.4 Å². The molecule has 1 aromatic rings. The highest BCUT2D eigenvalue weighted by atomic mass is 35.5. The third-order valence-electron chi connectivity index (χ3n) is 4.24. The van der Waals surface area contributed by atoms with E-state index in [1.165, 1.54) is 0 Å². The number of esters is 1. The van der Waals surface area contributed by atoms with E-state index < -0.39 is 6.04 Å². The minimum Gasteiger partial charge on any atom is -0.484 e. The molecule has 5 nitrogen and oxygen atoms in total. The van der Waals surface area contributed by atoms with Gasteiger partial charge in [-0.15, -0.1) is 11.8 Å². The predicted octanol–water partition coefficient (Wildman–Crippen LogP) is 4.38. The van der Waals surface area contributed by atoms with Crippen LogP contribution in [0.1, 0.15) is 40.0 Å². The number of hydrogen-bond acceptors (Lipinski definition) is 5. The van der Waals surface area contributed by atoms with Gasteiger partial charge in [0.1, 0.15) is 11.8 Å². The lowest BCUT2D eigenvalue weighted by Crippen LogP contribution is -2.48. The molecule has 0 spiro atoms. The van der Waals surface area contributed by atoms with Crippen molar-refractivity contribution in [3.63, 3.8) is 0 Å². The molecule has 1 aliphatic heterocycles. The molecule has 1 heterocycles. The summed E-state index contributed by atoms with van der Waals surface area (Å²) in [5, 5.41) is 0.576. The number of rotatable bonds is 9. The van der Waals surface area contributed by atoms with Gasteiger partial charge in [0.2, 0.25) is 0 Å². The number of amides is 1. The normalized spacial score (nSPS) is 19.4. The van der Waals surface area contributed by atoms with Crippen molar-refractivity contribution in [3.05, 3.63) is 29.3 Å². The molecule has 150 valence electrons. The molecule has 0 radical (unpaired) electrons. The van der Waals surface area contributed by atoms with Crippen molar-refractivity contribution in [1.29, 1.82) is 0 Å². The van der Waals surface area contributed by atoms with Crippen LogP contribution in [0.3, 0.4) is 0 Å². The third-order valence-corrected chi connectivity index (χ3v) is 5.81. The van der Waals surface area contributed by atoms with Crippen molar-refractivity contribution in [1.82, 2.24) is 4.90 Å². The molecule has 7 heteroatoms. The maximum atomic E-state index is 12.9. The summed E-state index contributed by atoms with van der Waals surface area (Å²) in [5.74, 6) is 1.04. The Kier molecular flexibility index (Phi) is 8.77. The molecule has 1 saturated heterocycles. The van der Waals surface area contributed by atoms with Gasteiger partial charge in [0, 0.05) is 10.8 Å². The van der Waals surface area contributed by atoms with Gasteiger partial charge >= 0.3 is 5.97 Å². The van der Waals surface area contributed by atoms with Crippen LogP contribution in [-0.4, -0.2) is 47.2 Å². The first-order valence-corrected chi connectivity index (χ1v) is 10.8. The number of halogens is 1. The standard InChI is InChI=1S/C20H28ClNO4S/c1-4-5-10-25-20(24)17-13-27-19(11-14(2)3)22(17)18(23)12-26-16-8-6-15(21)7-9-16/h6-9,14,17,19H,4-5,10-13H2,1-3H3. The number of benzene rings is 1. The number of hydrogen-bond donors (Lipinski definition) is 0. The third kappa shape index (κ3) is 6.61. The smallest absolute Gasteiger partial charge is 0.329 e. The molecule has 2 rings (SSSR count). The van der Waals surface area contributed by atoms with Crippen molar-refractivity contribution in [3.8, 4) is 5.75 Å². The number of carbonyl (C=O) groups excluding carboxylic acids is 2. The molecule has 2 unspecified atom stereocenters. The fourth-order valence-corrected chi connectivity index (χ4v) is 4.60. The summed E-state index contributed by atoms with van der Waals surface area (Å²) < 4.78 is 11.0. The van der Waals surface area contributed by atoms with E-state index >= 15 is 0 Å². The lowest BCUT2D eigenvalue weighted by molar-refractivity contribution is -0.155. The predicted molar refractivity (Wildman–Crippen MR) is 109 cm³/mol. The van der Waals surface area contributed by atoms with Crippen molar-refractivity contribution >= 4 is 35.2 Å². The Balaban J connectivity index is 2.03. The van der Waals surface area contributed by atoms with E-state index in [0.29, 0.717) is 29.0 Å². The van der Waals surface area contributed by atoms with E-state index in [-0.39, 0.29) is 23.9 Å². The minimum absolute atomic E-state index is 0.0324. The summed E-state index contributed by atoms with van der Waals surface area (Å²) in [4.78, 5) is 27.0. The first-order valence-electron chi connectivity index (χ1n) is 9.40. The number of unbranched alkanes of at least 4 members (excludes halogenated alkanes) is 1. The fraction of sp³-hybridized carbons (Fsp3) is 0.600. The Hall–Kier alpha value is -1.40. The summed E-state index contributed by atoms with van der Waals surface area (Å²) in [7, 11) is 0. The Morgan fingerprint density at radius 2 is 2.00 bits per heavy atom. The molecule has 1 aliphatic rings. The second-order valence-electron chi connectivity index (χ2n) is 7.00. The van der Waals surface area contributed by atoms with Crippen LogP contribution in [0.5, 0.6) is 5.75 Å². The Bertz CT molecular complexity index is 623. The summed E-state index contributed by atoms with van der Waals surface area (Å²) in [6.45, 7) is 6.55. The topological polar surface area (TPSA) is 55.8 Å². The van der Waals surface area contributed by atoms with E-state index in [4.69, 9.17) is 21.1 Å². The minimum atomic E-state index is -0.545. The van der Waals surface area contributed by atoms with Gasteiger partial charge in [-0.1, -0.05) is 38.8 Å². The van der Waals surface area contributed by atoms with Crippen molar-refractivity contribution in [2.45, 2.75) is 51.4 Å². The second kappa shape index (κ2) is 10.8. The SMILES string of the molecule is CCCCOC(=O)C1CSC(CC(C)C)N1C(=O)COc1ccc(Cl)cc1. The van der Waals surface area contributed by atoms with E-state index in [9.17, 15) is 9.59 Å². The molecule has 2 atom stereocenters. The highest BCUT2D eigenvalue weighted by Gasteiger charge is 2.42. The van der Waals surface area contributed by atoms with Gasteiger partial charge in [0.25, 0.3) is 5.91 Å². The molecular formula is C20H28ClNO4S. The zero-order valence-electron chi connectivity index (χ0n) is 16.2. The highest BCUT2D eigenvalue weighted by molar-refractivity contribution is 8.00. The quantitative estimate of drug-likeness (QED) is 0.444. The summed E-state index contributed by atoms with van der Waals surface area (Å²) in [5.41, 5.74) is 0. The molecule has 1 aromatic carbocycles. The van der Waals surface area contributed by atoms with Gasteiger partial charge in [-0.2, -0.15) is 0 Å². The first kappa shape index (κ1) is 21.9. The second-order valence-corrected chi connectivity index (χ2v) is 8.65. The van der Waals surface area contributed by atoms with Crippen LogP contribution in [0.2, 0.25) is 5.02 Å². The molecule has 27 heavy (non-hydrogen) atoms. The van der Waals surface area contributed by atoms with Crippen molar-refractivity contribution < 1.29 is 19.1 Å². The van der Waals surface area contributed by atoms with Gasteiger partial charge in [0.15, 0.2) is 6.61 Å². The summed E-state index contributed by atoms with van der Waals surface area (Å²) in [6, 6.07) is 6.31.